The summed E-state index contributed by atoms with van der Waals surface area (Å²) in [5.41, 5.74) is 3.61. The second-order valence-electron chi connectivity index (χ2n) is 7.44. The Labute approximate surface area is 159 Å². The van der Waals surface area contributed by atoms with E-state index in [4.69, 9.17) is 23.2 Å². The van der Waals surface area contributed by atoms with Gasteiger partial charge in [0.2, 0.25) is 0 Å². The summed E-state index contributed by atoms with van der Waals surface area (Å²) >= 11 is 12.2. The molecule has 0 aliphatic carbocycles. The zero-order chi connectivity index (χ0) is 17.4. The van der Waals surface area contributed by atoms with Crippen molar-refractivity contribution in [2.45, 2.75) is 38.9 Å². The van der Waals surface area contributed by atoms with Crippen LogP contribution in [0, 0.1) is 12.8 Å². The molecule has 0 unspecified atom stereocenters. The predicted molar refractivity (Wildman–Crippen MR) is 102 cm³/mol. The first kappa shape index (κ1) is 17.3. The zero-order valence-corrected chi connectivity index (χ0v) is 16.0. The van der Waals surface area contributed by atoms with Crippen LogP contribution in [0.5, 0.6) is 0 Å². The summed E-state index contributed by atoms with van der Waals surface area (Å²) in [6.07, 6.45) is 4.41. The fourth-order valence-corrected chi connectivity index (χ4v) is 4.55. The molecule has 25 heavy (non-hydrogen) atoms. The van der Waals surface area contributed by atoms with Gasteiger partial charge in [-0.05, 0) is 43.4 Å². The average molecular weight is 379 g/mol. The predicted octanol–water partition coefficient (Wildman–Crippen LogP) is 4.12. The lowest BCUT2D eigenvalue weighted by atomic mass is 9.94. The molecule has 0 saturated carbocycles. The van der Waals surface area contributed by atoms with E-state index in [1.54, 1.807) is 6.33 Å². The second kappa shape index (κ2) is 7.28. The van der Waals surface area contributed by atoms with Crippen molar-refractivity contribution < 1.29 is 0 Å². The Bertz CT molecular complexity index is 745. The molecule has 0 radical (unpaired) electrons. The van der Waals surface area contributed by atoms with E-state index in [9.17, 15) is 0 Å². The molecule has 4 heterocycles. The molecule has 1 aromatic carbocycles. The highest BCUT2D eigenvalue weighted by Crippen LogP contribution is 2.31. The van der Waals surface area contributed by atoms with Crippen molar-refractivity contribution in [3.8, 4) is 0 Å². The molecular formula is C19H24Cl2N4. The van der Waals surface area contributed by atoms with Crippen molar-refractivity contribution in [1.29, 1.82) is 0 Å². The monoisotopic (exact) mass is 378 g/mol. The van der Waals surface area contributed by atoms with E-state index in [-0.39, 0.29) is 0 Å². The van der Waals surface area contributed by atoms with Crippen molar-refractivity contribution in [3.05, 3.63) is 51.5 Å². The molecule has 1 aromatic heterocycles. The molecule has 0 spiro atoms. The number of nitrogens with zero attached hydrogens (tertiary/aromatic N) is 3. The van der Waals surface area contributed by atoms with E-state index in [1.807, 2.05) is 12.1 Å². The van der Waals surface area contributed by atoms with Gasteiger partial charge in [-0.1, -0.05) is 29.3 Å². The summed E-state index contributed by atoms with van der Waals surface area (Å²) < 4.78 is 0. The summed E-state index contributed by atoms with van der Waals surface area (Å²) in [7, 11) is 0. The van der Waals surface area contributed by atoms with E-state index in [2.05, 4.69) is 32.8 Å². The summed E-state index contributed by atoms with van der Waals surface area (Å²) in [5.74, 6) is 0.737. The standard InChI is InChI=1S/C19H24Cl2N4/c1-13-19(23-12-22-13)11-24-7-15-2-4-16(10-24)25(9-15)8-14-3-5-17(20)18(21)6-14/h3,5-6,12,15-16H,2,4,7-11H2,1H3,(H,22,23)/t15-,16+/m1/s1. The highest BCUT2D eigenvalue weighted by Gasteiger charge is 2.34. The molecule has 134 valence electrons. The first-order valence-electron chi connectivity index (χ1n) is 8.97. The van der Waals surface area contributed by atoms with E-state index in [1.165, 1.54) is 42.9 Å². The zero-order valence-electron chi connectivity index (χ0n) is 14.5. The van der Waals surface area contributed by atoms with Crippen molar-refractivity contribution in [2.75, 3.05) is 19.6 Å². The van der Waals surface area contributed by atoms with Gasteiger partial charge in [0.15, 0.2) is 0 Å². The van der Waals surface area contributed by atoms with Crippen LogP contribution < -0.4 is 0 Å². The number of aromatic nitrogens is 2. The molecule has 3 aliphatic rings. The lowest BCUT2D eigenvalue weighted by Crippen LogP contribution is -2.43. The van der Waals surface area contributed by atoms with Gasteiger partial charge < -0.3 is 4.98 Å². The van der Waals surface area contributed by atoms with Crippen molar-refractivity contribution >= 4 is 23.2 Å². The molecule has 3 aliphatic heterocycles. The third kappa shape index (κ3) is 3.87. The smallest absolute Gasteiger partial charge is 0.0925 e. The van der Waals surface area contributed by atoms with Gasteiger partial charge in [-0.15, -0.1) is 0 Å². The van der Waals surface area contributed by atoms with E-state index in [0.717, 1.165) is 25.6 Å². The quantitative estimate of drug-likeness (QED) is 0.868. The van der Waals surface area contributed by atoms with Crippen LogP contribution in [0.1, 0.15) is 29.8 Å². The van der Waals surface area contributed by atoms with Crippen LogP contribution in [-0.4, -0.2) is 45.4 Å². The number of H-pyrrole nitrogens is 1. The van der Waals surface area contributed by atoms with Crippen LogP contribution in [-0.2, 0) is 13.1 Å². The van der Waals surface area contributed by atoms with Crippen LogP contribution in [0.4, 0.5) is 0 Å². The normalized spacial score (nSPS) is 24.6. The van der Waals surface area contributed by atoms with Gasteiger partial charge in [0.1, 0.15) is 0 Å². The lowest BCUT2D eigenvalue weighted by Gasteiger charge is -2.36. The Hall–Kier alpha value is -1.07. The Morgan fingerprint density at radius 2 is 2.00 bits per heavy atom. The Kier molecular flexibility index (Phi) is 5.05. The maximum absolute atomic E-state index is 6.19. The van der Waals surface area contributed by atoms with Crippen LogP contribution in [0.15, 0.2) is 24.5 Å². The minimum absolute atomic E-state index is 0.604. The molecule has 2 aromatic rings. The molecule has 3 fully saturated rings. The molecular weight excluding hydrogens is 355 g/mol. The molecule has 5 rings (SSSR count). The highest BCUT2D eigenvalue weighted by molar-refractivity contribution is 6.42. The molecule has 0 amide bonds. The number of aryl methyl sites for hydroxylation is 1. The number of piperidine rings is 1. The molecule has 2 bridgehead atoms. The SMILES string of the molecule is Cc1[nH]cnc1CN1C[C@H]2CC[C@@H](C1)N(Cc1ccc(Cl)c(Cl)c1)C2. The largest absolute Gasteiger partial charge is 0.348 e. The van der Waals surface area contributed by atoms with Gasteiger partial charge in [0.25, 0.3) is 0 Å². The molecule has 3 saturated heterocycles. The summed E-state index contributed by atoms with van der Waals surface area (Å²) in [6.45, 7) is 7.45. The maximum atomic E-state index is 6.19. The first-order chi connectivity index (χ1) is 12.1. The summed E-state index contributed by atoms with van der Waals surface area (Å²) in [4.78, 5) is 12.9. The number of hydrogen-bond acceptors (Lipinski definition) is 3. The van der Waals surface area contributed by atoms with Gasteiger partial charge in [-0.3, -0.25) is 9.80 Å². The second-order valence-corrected chi connectivity index (χ2v) is 8.26. The minimum Gasteiger partial charge on any atom is -0.348 e. The van der Waals surface area contributed by atoms with Crippen LogP contribution >= 0.6 is 23.2 Å². The van der Waals surface area contributed by atoms with Crippen LogP contribution in [0.2, 0.25) is 10.0 Å². The fraction of sp³-hybridized carbons (Fsp3) is 0.526. The van der Waals surface area contributed by atoms with Gasteiger partial charge in [-0.2, -0.15) is 0 Å². The van der Waals surface area contributed by atoms with Crippen molar-refractivity contribution in [3.63, 3.8) is 0 Å². The Morgan fingerprint density at radius 3 is 2.76 bits per heavy atom. The van der Waals surface area contributed by atoms with Crippen molar-refractivity contribution in [1.82, 2.24) is 19.8 Å². The lowest BCUT2D eigenvalue weighted by molar-refractivity contribution is 0.123. The summed E-state index contributed by atoms with van der Waals surface area (Å²) in [6, 6.07) is 6.61. The summed E-state index contributed by atoms with van der Waals surface area (Å²) in [5, 5.41) is 1.28. The molecule has 2 atom stereocenters. The van der Waals surface area contributed by atoms with Gasteiger partial charge in [0.05, 0.1) is 22.1 Å². The fourth-order valence-electron chi connectivity index (χ4n) is 4.23. The number of fused-ring (bicyclic) bond motifs is 4. The van der Waals surface area contributed by atoms with E-state index >= 15 is 0 Å². The number of benzene rings is 1. The van der Waals surface area contributed by atoms with Gasteiger partial charge in [-0.25, -0.2) is 4.98 Å². The van der Waals surface area contributed by atoms with E-state index < -0.39 is 0 Å². The number of imidazole rings is 1. The number of aromatic amines is 1. The van der Waals surface area contributed by atoms with Crippen molar-refractivity contribution in [2.24, 2.45) is 5.92 Å². The highest BCUT2D eigenvalue weighted by atomic mass is 35.5. The average Bonchev–Trinajstić information content (AvgIpc) is 2.80. The molecule has 6 heteroatoms. The number of hydrogen-bond donors (Lipinski definition) is 1. The number of rotatable bonds is 4. The molecule has 4 nitrogen and oxygen atoms in total. The Morgan fingerprint density at radius 1 is 1.12 bits per heavy atom. The topological polar surface area (TPSA) is 35.2 Å². The number of halogens is 2. The third-order valence-electron chi connectivity index (χ3n) is 5.58. The van der Waals surface area contributed by atoms with Crippen LogP contribution in [0.25, 0.3) is 0 Å². The minimum atomic E-state index is 0.604. The van der Waals surface area contributed by atoms with Crippen LogP contribution in [0.3, 0.4) is 0 Å². The third-order valence-corrected chi connectivity index (χ3v) is 6.32. The Balaban J connectivity index is 1.45. The van der Waals surface area contributed by atoms with Gasteiger partial charge in [0, 0.05) is 44.5 Å². The maximum Gasteiger partial charge on any atom is 0.0925 e. The first-order valence-corrected chi connectivity index (χ1v) is 9.73. The molecule has 1 N–H and O–H groups in total. The van der Waals surface area contributed by atoms with Gasteiger partial charge >= 0.3 is 0 Å². The van der Waals surface area contributed by atoms with E-state index in [0.29, 0.717) is 16.1 Å². The number of nitrogens with one attached hydrogen (secondary N) is 1.